The molecule has 1 amide bonds. The Labute approximate surface area is 200 Å². The standard InChI is InChI=1S/C23H15Br3N2O2/c24-18-6-8-19(9-7-18)28-23(29)17(13-27)10-16-11-20(25)22(21(26)12-16)30-14-15-4-2-1-3-5-15/h1-12H,14H2,(H,28,29)/b17-10-. The van der Waals surface area contributed by atoms with Gasteiger partial charge in [-0.25, -0.2) is 0 Å². The Morgan fingerprint density at radius 2 is 1.63 bits per heavy atom. The lowest BCUT2D eigenvalue weighted by Gasteiger charge is -2.12. The molecule has 0 radical (unpaired) electrons. The van der Waals surface area contributed by atoms with Crippen molar-refractivity contribution in [1.82, 2.24) is 0 Å². The zero-order valence-corrected chi connectivity index (χ0v) is 20.3. The molecule has 0 unspecified atom stereocenters. The molecule has 3 aromatic rings. The van der Waals surface area contributed by atoms with Crippen LogP contribution < -0.4 is 10.1 Å². The number of hydrogen-bond donors (Lipinski definition) is 1. The number of hydrogen-bond acceptors (Lipinski definition) is 3. The molecule has 150 valence electrons. The predicted molar refractivity (Wildman–Crippen MR) is 129 cm³/mol. The highest BCUT2D eigenvalue weighted by atomic mass is 79.9. The third-order valence-electron chi connectivity index (χ3n) is 4.02. The minimum atomic E-state index is -0.475. The number of amides is 1. The third kappa shape index (κ3) is 6.05. The summed E-state index contributed by atoms with van der Waals surface area (Å²) < 4.78 is 8.24. The molecule has 0 atom stereocenters. The van der Waals surface area contributed by atoms with Crippen molar-refractivity contribution < 1.29 is 9.53 Å². The maximum atomic E-state index is 12.5. The number of anilines is 1. The van der Waals surface area contributed by atoms with Crippen molar-refractivity contribution in [3.05, 3.63) is 96.8 Å². The van der Waals surface area contributed by atoms with E-state index in [1.807, 2.05) is 48.5 Å². The second-order valence-electron chi connectivity index (χ2n) is 6.22. The minimum absolute atomic E-state index is 0.00493. The zero-order chi connectivity index (χ0) is 21.5. The van der Waals surface area contributed by atoms with E-state index in [0.717, 1.165) is 10.0 Å². The molecule has 0 aliphatic carbocycles. The summed E-state index contributed by atoms with van der Waals surface area (Å²) in [6.07, 6.45) is 1.53. The predicted octanol–water partition coefficient (Wildman–Crippen LogP) is 7.10. The van der Waals surface area contributed by atoms with Crippen LogP contribution in [-0.2, 0) is 11.4 Å². The molecule has 3 aromatic carbocycles. The fraction of sp³-hybridized carbons (Fsp3) is 0.0435. The third-order valence-corrected chi connectivity index (χ3v) is 5.73. The fourth-order valence-electron chi connectivity index (χ4n) is 2.58. The molecule has 0 heterocycles. The van der Waals surface area contributed by atoms with Gasteiger partial charge in [0.05, 0.1) is 8.95 Å². The number of benzene rings is 3. The second kappa shape index (κ2) is 10.6. The van der Waals surface area contributed by atoms with Gasteiger partial charge in [0.2, 0.25) is 0 Å². The fourth-order valence-corrected chi connectivity index (χ4v) is 4.29. The summed E-state index contributed by atoms with van der Waals surface area (Å²) in [5, 5.41) is 12.2. The van der Waals surface area contributed by atoms with Crippen LogP contribution in [0.1, 0.15) is 11.1 Å². The minimum Gasteiger partial charge on any atom is -0.487 e. The van der Waals surface area contributed by atoms with Crippen LogP contribution in [0.5, 0.6) is 5.75 Å². The molecule has 0 aromatic heterocycles. The van der Waals surface area contributed by atoms with Crippen LogP contribution in [0.3, 0.4) is 0 Å². The molecule has 7 heteroatoms. The van der Waals surface area contributed by atoms with Gasteiger partial charge < -0.3 is 10.1 Å². The molecule has 0 spiro atoms. The van der Waals surface area contributed by atoms with Gasteiger partial charge in [0.15, 0.2) is 0 Å². The quantitative estimate of drug-likeness (QED) is 0.246. The first-order chi connectivity index (χ1) is 14.5. The van der Waals surface area contributed by atoms with E-state index in [-0.39, 0.29) is 5.57 Å². The Balaban J connectivity index is 1.76. The maximum Gasteiger partial charge on any atom is 0.266 e. The van der Waals surface area contributed by atoms with E-state index in [0.29, 0.717) is 32.6 Å². The number of carbonyl (C=O) groups is 1. The molecule has 0 fully saturated rings. The second-order valence-corrected chi connectivity index (χ2v) is 8.84. The Hall–Kier alpha value is -2.40. The average molecular weight is 591 g/mol. The van der Waals surface area contributed by atoms with Crippen LogP contribution in [0.2, 0.25) is 0 Å². The lowest BCUT2D eigenvalue weighted by Crippen LogP contribution is -2.13. The molecule has 0 aliphatic heterocycles. The summed E-state index contributed by atoms with van der Waals surface area (Å²) in [5.74, 6) is 0.172. The molecule has 0 bridgehead atoms. The number of nitrogens with zero attached hydrogens (tertiary/aromatic N) is 1. The van der Waals surface area contributed by atoms with Gasteiger partial charge in [-0.15, -0.1) is 0 Å². The molecule has 0 saturated carbocycles. The molecular weight excluding hydrogens is 576 g/mol. The zero-order valence-electron chi connectivity index (χ0n) is 15.5. The van der Waals surface area contributed by atoms with Gasteiger partial charge in [0, 0.05) is 10.2 Å². The molecule has 30 heavy (non-hydrogen) atoms. The van der Waals surface area contributed by atoms with Crippen LogP contribution in [0, 0.1) is 11.3 Å². The van der Waals surface area contributed by atoms with E-state index < -0.39 is 5.91 Å². The Kier molecular flexibility index (Phi) is 7.86. The van der Waals surface area contributed by atoms with E-state index in [1.165, 1.54) is 6.08 Å². The molecule has 4 nitrogen and oxygen atoms in total. The van der Waals surface area contributed by atoms with Crippen LogP contribution in [0.4, 0.5) is 5.69 Å². The maximum absolute atomic E-state index is 12.5. The van der Waals surface area contributed by atoms with Gasteiger partial charge >= 0.3 is 0 Å². The summed E-state index contributed by atoms with van der Waals surface area (Å²) in [4.78, 5) is 12.5. The molecule has 3 rings (SSSR count). The van der Waals surface area contributed by atoms with E-state index in [2.05, 4.69) is 53.1 Å². The largest absolute Gasteiger partial charge is 0.487 e. The summed E-state index contributed by atoms with van der Waals surface area (Å²) >= 11 is 10.4. The number of nitrogens with one attached hydrogen (secondary N) is 1. The van der Waals surface area contributed by atoms with E-state index >= 15 is 0 Å². The van der Waals surface area contributed by atoms with Crippen molar-refractivity contribution in [3.8, 4) is 11.8 Å². The van der Waals surface area contributed by atoms with Crippen LogP contribution >= 0.6 is 47.8 Å². The van der Waals surface area contributed by atoms with Gasteiger partial charge in [-0.3, -0.25) is 4.79 Å². The topological polar surface area (TPSA) is 62.1 Å². The highest BCUT2D eigenvalue weighted by Gasteiger charge is 2.13. The summed E-state index contributed by atoms with van der Waals surface area (Å²) in [5.41, 5.74) is 2.34. The lowest BCUT2D eigenvalue weighted by molar-refractivity contribution is -0.112. The average Bonchev–Trinajstić information content (AvgIpc) is 2.73. The first-order valence-electron chi connectivity index (χ1n) is 8.81. The highest BCUT2D eigenvalue weighted by molar-refractivity contribution is 9.11. The summed E-state index contributed by atoms with van der Waals surface area (Å²) in [6.45, 7) is 0.423. The molecule has 0 aliphatic rings. The first-order valence-corrected chi connectivity index (χ1v) is 11.2. The molecular formula is C23H15Br3N2O2. The van der Waals surface area contributed by atoms with Crippen molar-refractivity contribution in [2.45, 2.75) is 6.61 Å². The Morgan fingerprint density at radius 3 is 2.23 bits per heavy atom. The Morgan fingerprint density at radius 1 is 1.00 bits per heavy atom. The van der Waals surface area contributed by atoms with Gasteiger partial charge in [-0.05, 0) is 85.5 Å². The smallest absolute Gasteiger partial charge is 0.266 e. The van der Waals surface area contributed by atoms with Crippen molar-refractivity contribution >= 4 is 65.5 Å². The van der Waals surface area contributed by atoms with Crippen molar-refractivity contribution in [3.63, 3.8) is 0 Å². The van der Waals surface area contributed by atoms with Gasteiger partial charge in [-0.2, -0.15) is 5.26 Å². The van der Waals surface area contributed by atoms with Gasteiger partial charge in [0.25, 0.3) is 5.91 Å². The van der Waals surface area contributed by atoms with E-state index in [9.17, 15) is 10.1 Å². The van der Waals surface area contributed by atoms with Gasteiger partial charge in [-0.1, -0.05) is 46.3 Å². The number of halogens is 3. The van der Waals surface area contributed by atoms with E-state index in [1.54, 1.807) is 24.3 Å². The number of rotatable bonds is 6. The van der Waals surface area contributed by atoms with Crippen LogP contribution in [-0.4, -0.2) is 5.91 Å². The van der Waals surface area contributed by atoms with Crippen LogP contribution in [0.25, 0.3) is 6.08 Å². The first kappa shape index (κ1) is 22.3. The number of ether oxygens (including phenoxy) is 1. The van der Waals surface area contributed by atoms with Crippen molar-refractivity contribution in [2.75, 3.05) is 5.32 Å². The Bertz CT molecular complexity index is 1100. The highest BCUT2D eigenvalue weighted by Crippen LogP contribution is 2.36. The van der Waals surface area contributed by atoms with Gasteiger partial charge in [0.1, 0.15) is 24.0 Å². The molecule has 0 saturated heterocycles. The summed E-state index contributed by atoms with van der Waals surface area (Å²) in [6, 6.07) is 22.5. The van der Waals surface area contributed by atoms with E-state index in [4.69, 9.17) is 4.74 Å². The SMILES string of the molecule is N#C/C(=C/c1cc(Br)c(OCc2ccccc2)c(Br)c1)C(=O)Nc1ccc(Br)cc1. The number of carbonyl (C=O) groups excluding carboxylic acids is 1. The normalized spacial score (nSPS) is 10.9. The van der Waals surface area contributed by atoms with Crippen molar-refractivity contribution in [1.29, 1.82) is 5.26 Å². The molecule has 1 N–H and O–H groups in total. The van der Waals surface area contributed by atoms with Crippen molar-refractivity contribution in [2.24, 2.45) is 0 Å². The van der Waals surface area contributed by atoms with Crippen LogP contribution in [0.15, 0.2) is 85.7 Å². The lowest BCUT2D eigenvalue weighted by atomic mass is 10.1. The number of nitriles is 1. The summed E-state index contributed by atoms with van der Waals surface area (Å²) in [7, 11) is 0. The monoisotopic (exact) mass is 588 g/mol.